The lowest BCUT2D eigenvalue weighted by Gasteiger charge is -2.14. The van der Waals surface area contributed by atoms with Gasteiger partial charge >= 0.3 is 0 Å². The highest BCUT2D eigenvalue weighted by Gasteiger charge is 2.22. The summed E-state index contributed by atoms with van der Waals surface area (Å²) >= 11 is 0. The van der Waals surface area contributed by atoms with Crippen LogP contribution in [-0.4, -0.2) is 4.92 Å². The minimum Gasteiger partial charge on any atom is -0.258 e. The summed E-state index contributed by atoms with van der Waals surface area (Å²) in [5.41, 5.74) is -0.704. The van der Waals surface area contributed by atoms with E-state index in [9.17, 15) is 14.5 Å². The molecule has 0 aliphatic carbocycles. The Morgan fingerprint density at radius 2 is 2.00 bits per heavy atom. The van der Waals surface area contributed by atoms with Crippen LogP contribution in [0.4, 0.5) is 10.1 Å². The third kappa shape index (κ3) is 2.07. The number of halogens is 1. The maximum atomic E-state index is 13.5. The van der Waals surface area contributed by atoms with E-state index in [0.717, 1.165) is 0 Å². The van der Waals surface area contributed by atoms with E-state index >= 15 is 0 Å². The van der Waals surface area contributed by atoms with Gasteiger partial charge in [-0.3, -0.25) is 10.1 Å². The minimum absolute atomic E-state index is 0.0341. The Balaban J connectivity index is 3.27. The van der Waals surface area contributed by atoms with Crippen molar-refractivity contribution in [1.29, 1.82) is 0 Å². The first-order chi connectivity index (χ1) is 6.32. The summed E-state index contributed by atoms with van der Waals surface area (Å²) in [5.74, 6) is 0. The molecule has 0 aliphatic rings. The Bertz CT molecular complexity index is 369. The molecule has 14 heavy (non-hydrogen) atoms. The van der Waals surface area contributed by atoms with Crippen LogP contribution in [0.3, 0.4) is 0 Å². The lowest BCUT2D eigenvalue weighted by atomic mass is 9.98. The van der Waals surface area contributed by atoms with Crippen LogP contribution < -0.4 is 0 Å². The van der Waals surface area contributed by atoms with E-state index in [4.69, 9.17) is 0 Å². The molecule has 0 aromatic heterocycles. The number of aryl methyl sites for hydroxylation is 1. The summed E-state index contributed by atoms with van der Waals surface area (Å²) in [6, 6.07) is 4.42. The second-order valence-corrected chi connectivity index (χ2v) is 3.73. The first-order valence-corrected chi connectivity index (χ1v) is 4.27. The molecule has 0 spiro atoms. The van der Waals surface area contributed by atoms with Crippen LogP contribution >= 0.6 is 0 Å². The summed E-state index contributed by atoms with van der Waals surface area (Å²) < 4.78 is 13.5. The maximum absolute atomic E-state index is 13.5. The average Bonchev–Trinajstić information content (AvgIpc) is 2.02. The number of nitro benzene ring substituents is 1. The predicted octanol–water partition coefficient (Wildman–Crippen LogP) is 3.11. The minimum atomic E-state index is -1.54. The molecule has 0 N–H and O–H groups in total. The van der Waals surface area contributed by atoms with Crippen LogP contribution in [0.15, 0.2) is 18.2 Å². The van der Waals surface area contributed by atoms with Gasteiger partial charge in [0, 0.05) is 11.6 Å². The van der Waals surface area contributed by atoms with E-state index in [-0.39, 0.29) is 5.69 Å². The molecular weight excluding hydrogens is 185 g/mol. The zero-order valence-electron chi connectivity index (χ0n) is 8.37. The van der Waals surface area contributed by atoms with Crippen LogP contribution in [0.5, 0.6) is 0 Å². The quantitative estimate of drug-likeness (QED) is 0.540. The Morgan fingerprint density at radius 1 is 1.43 bits per heavy atom. The van der Waals surface area contributed by atoms with Crippen LogP contribution in [0.25, 0.3) is 0 Å². The molecule has 0 saturated heterocycles. The predicted molar refractivity (Wildman–Crippen MR) is 52.0 cm³/mol. The summed E-state index contributed by atoms with van der Waals surface area (Å²) in [6.45, 7) is 4.38. The van der Waals surface area contributed by atoms with Crippen molar-refractivity contribution in [2.24, 2.45) is 0 Å². The fraction of sp³-hybridized carbons (Fsp3) is 0.400. The Morgan fingerprint density at radius 3 is 2.43 bits per heavy atom. The highest BCUT2D eigenvalue weighted by molar-refractivity contribution is 5.43. The fourth-order valence-corrected chi connectivity index (χ4v) is 1.18. The second kappa shape index (κ2) is 3.36. The molecule has 0 unspecified atom stereocenters. The maximum Gasteiger partial charge on any atom is 0.272 e. The molecule has 4 heteroatoms. The van der Waals surface area contributed by atoms with Gasteiger partial charge in [0.2, 0.25) is 0 Å². The van der Waals surface area contributed by atoms with Crippen molar-refractivity contribution in [1.82, 2.24) is 0 Å². The molecule has 0 atom stereocenters. The van der Waals surface area contributed by atoms with E-state index in [2.05, 4.69) is 0 Å². The molecule has 1 aromatic carbocycles. The van der Waals surface area contributed by atoms with E-state index in [1.54, 1.807) is 19.1 Å². The number of hydrogen-bond donors (Lipinski definition) is 0. The monoisotopic (exact) mass is 197 g/mol. The van der Waals surface area contributed by atoms with Gasteiger partial charge in [0.15, 0.2) is 0 Å². The summed E-state index contributed by atoms with van der Waals surface area (Å²) in [7, 11) is 0. The molecule has 0 aliphatic heterocycles. The molecular formula is C10H12FNO2. The van der Waals surface area contributed by atoms with Crippen molar-refractivity contribution in [3.8, 4) is 0 Å². The van der Waals surface area contributed by atoms with Crippen molar-refractivity contribution in [2.45, 2.75) is 26.4 Å². The number of benzene rings is 1. The van der Waals surface area contributed by atoms with Gasteiger partial charge in [0.25, 0.3) is 5.69 Å². The molecule has 0 radical (unpaired) electrons. The topological polar surface area (TPSA) is 43.1 Å². The highest BCUT2D eigenvalue weighted by atomic mass is 19.1. The van der Waals surface area contributed by atoms with Crippen LogP contribution in [0.1, 0.15) is 25.0 Å². The standard InChI is InChI=1S/C10H12FNO2/c1-7-4-5-8(10(2,3)11)6-9(7)12(13)14/h4-6H,1-3H3. The van der Waals surface area contributed by atoms with Gasteiger partial charge in [-0.15, -0.1) is 0 Å². The van der Waals surface area contributed by atoms with Crippen LogP contribution in [0.2, 0.25) is 0 Å². The number of alkyl halides is 1. The number of nitro groups is 1. The average molecular weight is 197 g/mol. The van der Waals surface area contributed by atoms with Crippen molar-refractivity contribution >= 4 is 5.69 Å². The van der Waals surface area contributed by atoms with Crippen molar-refractivity contribution in [3.05, 3.63) is 39.4 Å². The van der Waals surface area contributed by atoms with Crippen molar-refractivity contribution in [3.63, 3.8) is 0 Å². The van der Waals surface area contributed by atoms with E-state index in [1.165, 1.54) is 19.9 Å². The van der Waals surface area contributed by atoms with E-state index in [1.807, 2.05) is 0 Å². The summed E-state index contributed by atoms with van der Waals surface area (Å²) in [5, 5.41) is 10.6. The smallest absolute Gasteiger partial charge is 0.258 e. The van der Waals surface area contributed by atoms with Gasteiger partial charge in [-0.1, -0.05) is 12.1 Å². The fourth-order valence-electron chi connectivity index (χ4n) is 1.18. The first kappa shape index (κ1) is 10.6. The van der Waals surface area contributed by atoms with Gasteiger partial charge in [0.05, 0.1) is 4.92 Å². The van der Waals surface area contributed by atoms with Crippen LogP contribution in [-0.2, 0) is 5.67 Å². The number of hydrogen-bond acceptors (Lipinski definition) is 2. The van der Waals surface area contributed by atoms with Crippen molar-refractivity contribution < 1.29 is 9.31 Å². The third-order valence-corrected chi connectivity index (χ3v) is 2.09. The molecule has 3 nitrogen and oxygen atoms in total. The first-order valence-electron chi connectivity index (χ1n) is 4.27. The lowest BCUT2D eigenvalue weighted by Crippen LogP contribution is -2.09. The normalized spacial score (nSPS) is 11.4. The van der Waals surface area contributed by atoms with Crippen molar-refractivity contribution in [2.75, 3.05) is 0 Å². The molecule has 0 saturated carbocycles. The van der Waals surface area contributed by atoms with Crippen LogP contribution in [0, 0.1) is 17.0 Å². The van der Waals surface area contributed by atoms with Gasteiger partial charge in [0.1, 0.15) is 5.67 Å². The molecule has 0 heterocycles. The Kier molecular flexibility index (Phi) is 2.55. The number of nitrogens with zero attached hydrogens (tertiary/aromatic N) is 1. The SMILES string of the molecule is Cc1ccc(C(C)(C)F)cc1[N+](=O)[O-]. The molecule has 0 bridgehead atoms. The van der Waals surface area contributed by atoms with E-state index in [0.29, 0.717) is 11.1 Å². The summed E-state index contributed by atoms with van der Waals surface area (Å²) in [6.07, 6.45) is 0. The van der Waals surface area contributed by atoms with Gasteiger partial charge < -0.3 is 0 Å². The van der Waals surface area contributed by atoms with Gasteiger partial charge in [-0.2, -0.15) is 0 Å². The third-order valence-electron chi connectivity index (χ3n) is 2.09. The zero-order valence-corrected chi connectivity index (χ0v) is 8.37. The molecule has 1 aromatic rings. The Hall–Kier alpha value is -1.45. The largest absolute Gasteiger partial charge is 0.272 e. The van der Waals surface area contributed by atoms with Gasteiger partial charge in [-0.25, -0.2) is 4.39 Å². The molecule has 0 amide bonds. The molecule has 76 valence electrons. The molecule has 0 fully saturated rings. The highest BCUT2D eigenvalue weighted by Crippen LogP contribution is 2.29. The lowest BCUT2D eigenvalue weighted by molar-refractivity contribution is -0.385. The zero-order chi connectivity index (χ0) is 10.9. The number of rotatable bonds is 2. The molecule has 1 rings (SSSR count). The second-order valence-electron chi connectivity index (χ2n) is 3.73. The van der Waals surface area contributed by atoms with Gasteiger partial charge in [-0.05, 0) is 26.3 Å². The summed E-state index contributed by atoms with van der Waals surface area (Å²) in [4.78, 5) is 10.1. The van der Waals surface area contributed by atoms with E-state index < -0.39 is 10.6 Å². The Labute approximate surface area is 81.7 Å².